The van der Waals surface area contributed by atoms with Crippen LogP contribution in [0.15, 0.2) is 0 Å². The summed E-state index contributed by atoms with van der Waals surface area (Å²) in [6, 6.07) is 0.128. The smallest absolute Gasteiger partial charge is 0.160 e. The molecule has 0 aromatic rings. The zero-order chi connectivity index (χ0) is 15.3. The van der Waals surface area contributed by atoms with Crippen LogP contribution in [-0.4, -0.2) is 44.2 Å². The Balaban J connectivity index is 2.16. The summed E-state index contributed by atoms with van der Waals surface area (Å²) in [5.74, 6) is 0. The minimum Gasteiger partial charge on any atom is -0.377 e. The van der Waals surface area contributed by atoms with Crippen molar-refractivity contribution in [2.75, 3.05) is 13.2 Å². The van der Waals surface area contributed by atoms with Crippen molar-refractivity contribution in [1.82, 2.24) is 5.32 Å². The second-order valence-electron chi connectivity index (χ2n) is 6.58. The van der Waals surface area contributed by atoms with Gasteiger partial charge in [0.2, 0.25) is 0 Å². The van der Waals surface area contributed by atoms with Crippen molar-refractivity contribution in [2.45, 2.75) is 87.9 Å². The Kier molecular flexibility index (Phi) is 6.51. The lowest BCUT2D eigenvalue weighted by Crippen LogP contribution is -2.49. The number of sulfone groups is 1. The molecule has 2 aliphatic rings. The van der Waals surface area contributed by atoms with Crippen LogP contribution in [0.3, 0.4) is 0 Å². The first-order valence-electron chi connectivity index (χ1n) is 8.65. The fourth-order valence-electron chi connectivity index (χ4n) is 3.77. The Labute approximate surface area is 129 Å². The van der Waals surface area contributed by atoms with Gasteiger partial charge in [-0.25, -0.2) is 8.42 Å². The molecule has 1 saturated carbocycles. The van der Waals surface area contributed by atoms with Crippen LogP contribution in [0.2, 0.25) is 0 Å². The SMILES string of the molecule is CCCNC1CCCCCCC1S(=O)(=O)C1CCOC1C. The summed E-state index contributed by atoms with van der Waals surface area (Å²) in [5.41, 5.74) is 0. The predicted octanol–water partition coefficient (Wildman–Crippen LogP) is 2.67. The zero-order valence-electron chi connectivity index (χ0n) is 13.5. The van der Waals surface area contributed by atoms with E-state index < -0.39 is 9.84 Å². The van der Waals surface area contributed by atoms with Gasteiger partial charge in [0.25, 0.3) is 0 Å². The van der Waals surface area contributed by atoms with Gasteiger partial charge in [0.1, 0.15) is 0 Å². The van der Waals surface area contributed by atoms with Gasteiger partial charge >= 0.3 is 0 Å². The second-order valence-corrected chi connectivity index (χ2v) is 8.97. The van der Waals surface area contributed by atoms with Gasteiger partial charge in [0.15, 0.2) is 9.84 Å². The van der Waals surface area contributed by atoms with Crippen molar-refractivity contribution < 1.29 is 13.2 Å². The van der Waals surface area contributed by atoms with E-state index in [-0.39, 0.29) is 22.6 Å². The topological polar surface area (TPSA) is 55.4 Å². The molecular formula is C16H31NO3S. The van der Waals surface area contributed by atoms with Crippen molar-refractivity contribution in [2.24, 2.45) is 0 Å². The quantitative estimate of drug-likeness (QED) is 0.847. The van der Waals surface area contributed by atoms with Crippen molar-refractivity contribution in [3.8, 4) is 0 Å². The van der Waals surface area contributed by atoms with Gasteiger partial charge in [0.05, 0.1) is 16.6 Å². The Morgan fingerprint density at radius 3 is 2.38 bits per heavy atom. The molecule has 1 saturated heterocycles. The van der Waals surface area contributed by atoms with E-state index >= 15 is 0 Å². The summed E-state index contributed by atoms with van der Waals surface area (Å²) >= 11 is 0. The second kappa shape index (κ2) is 7.93. The highest BCUT2D eigenvalue weighted by Crippen LogP contribution is 2.31. The molecule has 1 aliphatic carbocycles. The molecule has 2 fully saturated rings. The molecule has 1 aliphatic heterocycles. The van der Waals surface area contributed by atoms with Crippen molar-refractivity contribution in [1.29, 1.82) is 0 Å². The van der Waals surface area contributed by atoms with Crippen LogP contribution in [0, 0.1) is 0 Å². The highest BCUT2D eigenvalue weighted by Gasteiger charge is 2.43. The zero-order valence-corrected chi connectivity index (χ0v) is 14.3. The van der Waals surface area contributed by atoms with Crippen LogP contribution in [0.5, 0.6) is 0 Å². The van der Waals surface area contributed by atoms with E-state index in [4.69, 9.17) is 4.74 Å². The minimum atomic E-state index is -3.12. The summed E-state index contributed by atoms with van der Waals surface area (Å²) < 4.78 is 31.7. The minimum absolute atomic E-state index is 0.128. The first kappa shape index (κ1) is 17.2. The molecule has 2 rings (SSSR count). The van der Waals surface area contributed by atoms with E-state index in [0.29, 0.717) is 13.0 Å². The molecule has 124 valence electrons. The Hall–Kier alpha value is -0.130. The van der Waals surface area contributed by atoms with E-state index in [2.05, 4.69) is 12.2 Å². The van der Waals surface area contributed by atoms with Gasteiger partial charge in [-0.2, -0.15) is 0 Å². The van der Waals surface area contributed by atoms with E-state index in [0.717, 1.165) is 38.6 Å². The molecule has 4 unspecified atom stereocenters. The van der Waals surface area contributed by atoms with Crippen molar-refractivity contribution in [3.05, 3.63) is 0 Å². The van der Waals surface area contributed by atoms with Gasteiger partial charge in [-0.05, 0) is 39.2 Å². The first-order valence-corrected chi connectivity index (χ1v) is 10.3. The third kappa shape index (κ3) is 4.20. The highest BCUT2D eigenvalue weighted by atomic mass is 32.2. The molecule has 4 atom stereocenters. The van der Waals surface area contributed by atoms with Crippen molar-refractivity contribution >= 4 is 9.84 Å². The normalized spacial score (nSPS) is 35.3. The van der Waals surface area contributed by atoms with Gasteiger partial charge in [-0.15, -0.1) is 0 Å². The van der Waals surface area contributed by atoms with E-state index in [9.17, 15) is 8.42 Å². The summed E-state index contributed by atoms with van der Waals surface area (Å²) in [6.07, 6.45) is 7.96. The maximum Gasteiger partial charge on any atom is 0.160 e. The summed E-state index contributed by atoms with van der Waals surface area (Å²) in [5, 5.41) is 2.99. The third-order valence-corrected chi connectivity index (χ3v) is 7.88. The Morgan fingerprint density at radius 1 is 1.05 bits per heavy atom. The van der Waals surface area contributed by atoms with Crippen LogP contribution in [0.1, 0.15) is 65.2 Å². The lowest BCUT2D eigenvalue weighted by atomic mass is 9.96. The summed E-state index contributed by atoms with van der Waals surface area (Å²) in [7, 11) is -3.12. The predicted molar refractivity (Wildman–Crippen MR) is 86.3 cm³/mol. The third-order valence-electron chi connectivity index (χ3n) is 5.01. The van der Waals surface area contributed by atoms with E-state index in [1.165, 1.54) is 12.8 Å². The fraction of sp³-hybridized carbons (Fsp3) is 1.00. The van der Waals surface area contributed by atoms with Crippen LogP contribution in [-0.2, 0) is 14.6 Å². The summed E-state index contributed by atoms with van der Waals surface area (Å²) in [6.45, 7) is 5.54. The first-order chi connectivity index (χ1) is 10.1. The van der Waals surface area contributed by atoms with Gasteiger partial charge in [-0.3, -0.25) is 0 Å². The Bertz CT molecular complexity index is 408. The van der Waals surface area contributed by atoms with Gasteiger partial charge < -0.3 is 10.1 Å². The molecule has 21 heavy (non-hydrogen) atoms. The lowest BCUT2D eigenvalue weighted by molar-refractivity contribution is 0.126. The molecule has 0 aromatic heterocycles. The van der Waals surface area contributed by atoms with Gasteiger partial charge in [0, 0.05) is 12.6 Å². The molecule has 1 N–H and O–H groups in total. The lowest BCUT2D eigenvalue weighted by Gasteiger charge is -2.32. The number of rotatable bonds is 5. The maximum atomic E-state index is 13.1. The average molecular weight is 317 g/mol. The monoisotopic (exact) mass is 317 g/mol. The van der Waals surface area contributed by atoms with E-state index in [1.54, 1.807) is 0 Å². The molecule has 0 radical (unpaired) electrons. The van der Waals surface area contributed by atoms with Crippen LogP contribution < -0.4 is 5.32 Å². The highest BCUT2D eigenvalue weighted by molar-refractivity contribution is 7.92. The summed E-state index contributed by atoms with van der Waals surface area (Å²) in [4.78, 5) is 0. The maximum absolute atomic E-state index is 13.1. The fourth-order valence-corrected chi connectivity index (χ4v) is 6.45. The molecular weight excluding hydrogens is 286 g/mol. The number of hydrogen-bond acceptors (Lipinski definition) is 4. The Morgan fingerprint density at radius 2 is 1.76 bits per heavy atom. The number of ether oxygens (including phenoxy) is 1. The molecule has 0 spiro atoms. The largest absolute Gasteiger partial charge is 0.377 e. The molecule has 1 heterocycles. The number of hydrogen-bond donors (Lipinski definition) is 1. The molecule has 0 amide bonds. The average Bonchev–Trinajstić information content (AvgIpc) is 2.84. The number of nitrogens with one attached hydrogen (secondary N) is 1. The van der Waals surface area contributed by atoms with Crippen LogP contribution >= 0.6 is 0 Å². The van der Waals surface area contributed by atoms with Crippen LogP contribution in [0.4, 0.5) is 0 Å². The van der Waals surface area contributed by atoms with Crippen molar-refractivity contribution in [3.63, 3.8) is 0 Å². The van der Waals surface area contributed by atoms with E-state index in [1.807, 2.05) is 6.92 Å². The molecule has 4 nitrogen and oxygen atoms in total. The van der Waals surface area contributed by atoms with Gasteiger partial charge in [-0.1, -0.05) is 32.6 Å². The van der Waals surface area contributed by atoms with Crippen LogP contribution in [0.25, 0.3) is 0 Å². The standard InChI is InChI=1S/C16H31NO3S/c1-3-11-17-14-8-6-4-5-7-9-16(14)21(18,19)15-10-12-20-13(15)2/h13-17H,3-12H2,1-2H3. The molecule has 5 heteroatoms. The molecule has 0 bridgehead atoms. The molecule has 0 aromatic carbocycles.